The van der Waals surface area contributed by atoms with E-state index in [2.05, 4.69) is 28.3 Å². The van der Waals surface area contributed by atoms with Gasteiger partial charge in [0.2, 0.25) is 0 Å². The SMILES string of the molecule is Nc1sccc1-c1nc(C2Cc3ccccc32)no1. The van der Waals surface area contributed by atoms with Crippen molar-refractivity contribution in [1.29, 1.82) is 0 Å². The Morgan fingerprint density at radius 3 is 2.95 bits per heavy atom. The van der Waals surface area contributed by atoms with Gasteiger partial charge in [-0.05, 0) is 29.0 Å². The molecular formula is C14H11N3OS. The molecule has 0 radical (unpaired) electrons. The molecule has 0 spiro atoms. The first-order valence-corrected chi connectivity index (χ1v) is 6.95. The van der Waals surface area contributed by atoms with E-state index in [-0.39, 0.29) is 5.92 Å². The quantitative estimate of drug-likeness (QED) is 0.776. The van der Waals surface area contributed by atoms with Crippen LogP contribution in [0, 0.1) is 0 Å². The lowest BCUT2D eigenvalue weighted by molar-refractivity contribution is 0.416. The number of nitrogens with two attached hydrogens (primary N) is 1. The maximum Gasteiger partial charge on any atom is 0.260 e. The van der Waals surface area contributed by atoms with Crippen molar-refractivity contribution in [3.8, 4) is 11.5 Å². The Morgan fingerprint density at radius 1 is 1.26 bits per heavy atom. The van der Waals surface area contributed by atoms with Crippen LogP contribution in [0.15, 0.2) is 40.2 Å². The van der Waals surface area contributed by atoms with Gasteiger partial charge in [-0.15, -0.1) is 11.3 Å². The first-order chi connectivity index (χ1) is 9.33. The molecule has 4 nitrogen and oxygen atoms in total. The summed E-state index contributed by atoms with van der Waals surface area (Å²) < 4.78 is 5.33. The van der Waals surface area contributed by atoms with Gasteiger partial charge in [-0.2, -0.15) is 4.98 Å². The van der Waals surface area contributed by atoms with Crippen LogP contribution in [-0.4, -0.2) is 10.1 Å². The van der Waals surface area contributed by atoms with Crippen molar-refractivity contribution in [2.24, 2.45) is 0 Å². The average molecular weight is 269 g/mol. The summed E-state index contributed by atoms with van der Waals surface area (Å²) in [5, 5.41) is 6.73. The highest BCUT2D eigenvalue weighted by Gasteiger charge is 2.31. The van der Waals surface area contributed by atoms with Crippen LogP contribution in [-0.2, 0) is 6.42 Å². The van der Waals surface area contributed by atoms with Crippen LogP contribution in [0.25, 0.3) is 11.5 Å². The predicted molar refractivity (Wildman–Crippen MR) is 74.0 cm³/mol. The van der Waals surface area contributed by atoms with Gasteiger partial charge >= 0.3 is 0 Å². The van der Waals surface area contributed by atoms with Crippen molar-refractivity contribution >= 4 is 16.3 Å². The fraction of sp³-hybridized carbons (Fsp3) is 0.143. The first-order valence-electron chi connectivity index (χ1n) is 6.07. The number of aromatic nitrogens is 2. The van der Waals surface area contributed by atoms with E-state index in [9.17, 15) is 0 Å². The number of rotatable bonds is 2. The van der Waals surface area contributed by atoms with Crippen molar-refractivity contribution in [2.45, 2.75) is 12.3 Å². The lowest BCUT2D eigenvalue weighted by atomic mass is 9.77. The molecule has 4 rings (SSSR count). The van der Waals surface area contributed by atoms with Crippen molar-refractivity contribution in [3.63, 3.8) is 0 Å². The van der Waals surface area contributed by atoms with Gasteiger partial charge in [-0.1, -0.05) is 29.4 Å². The molecule has 2 heterocycles. The van der Waals surface area contributed by atoms with E-state index in [1.165, 1.54) is 22.5 Å². The van der Waals surface area contributed by atoms with Gasteiger partial charge in [0.15, 0.2) is 5.82 Å². The third-order valence-corrected chi connectivity index (χ3v) is 4.28. The number of hydrogen-bond donors (Lipinski definition) is 1. The topological polar surface area (TPSA) is 64.9 Å². The van der Waals surface area contributed by atoms with Gasteiger partial charge < -0.3 is 10.3 Å². The van der Waals surface area contributed by atoms with Gasteiger partial charge in [-0.25, -0.2) is 0 Å². The third-order valence-electron chi connectivity index (χ3n) is 3.53. The Morgan fingerprint density at radius 2 is 2.16 bits per heavy atom. The molecular weight excluding hydrogens is 258 g/mol. The summed E-state index contributed by atoms with van der Waals surface area (Å²) in [5.74, 6) is 1.52. The standard InChI is InChI=1S/C14H11N3OS/c15-12-10(5-6-19-12)14-16-13(17-18-14)11-7-8-3-1-2-4-9(8)11/h1-6,11H,7,15H2. The largest absolute Gasteiger partial charge is 0.390 e. The van der Waals surface area contributed by atoms with Crippen LogP contribution >= 0.6 is 11.3 Å². The highest BCUT2D eigenvalue weighted by molar-refractivity contribution is 7.14. The minimum Gasteiger partial charge on any atom is -0.390 e. The van der Waals surface area contributed by atoms with E-state index in [0.717, 1.165) is 17.8 Å². The number of nitrogens with zero attached hydrogens (tertiary/aromatic N) is 2. The van der Waals surface area contributed by atoms with Gasteiger partial charge in [-0.3, -0.25) is 0 Å². The molecule has 0 amide bonds. The van der Waals surface area contributed by atoms with Crippen LogP contribution < -0.4 is 5.73 Å². The molecule has 1 atom stereocenters. The minimum absolute atomic E-state index is 0.258. The normalized spacial score (nSPS) is 16.9. The number of benzene rings is 1. The van der Waals surface area contributed by atoms with Crippen LogP contribution in [0.1, 0.15) is 22.9 Å². The number of hydrogen-bond acceptors (Lipinski definition) is 5. The maximum atomic E-state index is 5.87. The molecule has 0 saturated carbocycles. The second-order valence-electron chi connectivity index (χ2n) is 4.61. The Balaban J connectivity index is 1.69. The Bertz CT molecular complexity index is 746. The van der Waals surface area contributed by atoms with E-state index in [0.29, 0.717) is 10.9 Å². The number of nitrogen functional groups attached to an aromatic ring is 1. The molecule has 94 valence electrons. The third kappa shape index (κ3) is 1.58. The smallest absolute Gasteiger partial charge is 0.260 e. The number of anilines is 1. The summed E-state index contributed by atoms with van der Waals surface area (Å²) in [7, 11) is 0. The van der Waals surface area contributed by atoms with E-state index >= 15 is 0 Å². The Hall–Kier alpha value is -2.14. The minimum atomic E-state index is 0.258. The van der Waals surface area contributed by atoms with Crippen molar-refractivity contribution in [2.75, 3.05) is 5.73 Å². The monoisotopic (exact) mass is 269 g/mol. The van der Waals surface area contributed by atoms with E-state index in [4.69, 9.17) is 10.3 Å². The summed E-state index contributed by atoms with van der Waals surface area (Å²) in [6.07, 6.45) is 0.980. The highest BCUT2D eigenvalue weighted by atomic mass is 32.1. The molecule has 5 heteroatoms. The summed E-state index contributed by atoms with van der Waals surface area (Å²) in [6, 6.07) is 10.3. The predicted octanol–water partition coefficient (Wildman–Crippen LogP) is 3.07. The highest BCUT2D eigenvalue weighted by Crippen LogP contribution is 2.39. The zero-order valence-electron chi connectivity index (χ0n) is 10.0. The summed E-state index contributed by atoms with van der Waals surface area (Å²) in [6.45, 7) is 0. The maximum absolute atomic E-state index is 5.87. The van der Waals surface area contributed by atoms with E-state index < -0.39 is 0 Å². The molecule has 1 aliphatic carbocycles. The van der Waals surface area contributed by atoms with E-state index in [1.807, 2.05) is 17.5 Å². The average Bonchev–Trinajstić information content (AvgIpc) is 3.00. The second kappa shape index (κ2) is 3.93. The Kier molecular flexibility index (Phi) is 2.22. The lowest BCUT2D eigenvalue weighted by Gasteiger charge is -2.27. The zero-order chi connectivity index (χ0) is 12.8. The van der Waals surface area contributed by atoms with Crippen LogP contribution in [0.4, 0.5) is 5.00 Å². The molecule has 0 fully saturated rings. The van der Waals surface area contributed by atoms with Gasteiger partial charge in [0.25, 0.3) is 5.89 Å². The van der Waals surface area contributed by atoms with Gasteiger partial charge in [0.1, 0.15) is 0 Å². The summed E-state index contributed by atoms with van der Waals surface area (Å²) >= 11 is 1.48. The molecule has 3 aromatic rings. The van der Waals surface area contributed by atoms with Crippen LogP contribution in [0.2, 0.25) is 0 Å². The molecule has 2 N–H and O–H groups in total. The van der Waals surface area contributed by atoms with Gasteiger partial charge in [0, 0.05) is 0 Å². The molecule has 1 unspecified atom stereocenters. The Labute approximate surface area is 113 Å². The molecule has 19 heavy (non-hydrogen) atoms. The number of fused-ring (bicyclic) bond motifs is 1. The van der Waals surface area contributed by atoms with E-state index in [1.54, 1.807) is 0 Å². The molecule has 0 saturated heterocycles. The summed E-state index contributed by atoms with van der Waals surface area (Å²) in [5.41, 5.74) is 9.37. The fourth-order valence-electron chi connectivity index (χ4n) is 2.47. The van der Waals surface area contributed by atoms with Crippen molar-refractivity contribution < 1.29 is 4.52 Å². The lowest BCUT2D eigenvalue weighted by Crippen LogP contribution is -2.19. The fourth-order valence-corrected chi connectivity index (χ4v) is 3.11. The second-order valence-corrected chi connectivity index (χ2v) is 5.56. The molecule has 1 aromatic carbocycles. The first kappa shape index (κ1) is 10.8. The molecule has 2 aromatic heterocycles. The van der Waals surface area contributed by atoms with Gasteiger partial charge in [0.05, 0.1) is 16.5 Å². The zero-order valence-corrected chi connectivity index (χ0v) is 10.9. The summed E-state index contributed by atoms with van der Waals surface area (Å²) in [4.78, 5) is 4.48. The van der Waals surface area contributed by atoms with Crippen LogP contribution in [0.5, 0.6) is 0 Å². The van der Waals surface area contributed by atoms with Crippen molar-refractivity contribution in [3.05, 3.63) is 52.7 Å². The molecule has 1 aliphatic rings. The number of thiophene rings is 1. The molecule has 0 aliphatic heterocycles. The van der Waals surface area contributed by atoms with Crippen LogP contribution in [0.3, 0.4) is 0 Å². The molecule has 0 bridgehead atoms. The van der Waals surface area contributed by atoms with Crippen molar-refractivity contribution in [1.82, 2.24) is 10.1 Å².